The van der Waals surface area contributed by atoms with Gasteiger partial charge in [-0.15, -0.1) is 11.3 Å². The summed E-state index contributed by atoms with van der Waals surface area (Å²) in [6, 6.07) is 4.06. The van der Waals surface area contributed by atoms with Crippen molar-refractivity contribution in [2.75, 3.05) is 6.54 Å². The predicted octanol–water partition coefficient (Wildman–Crippen LogP) is 2.80. The first-order valence-corrected chi connectivity index (χ1v) is 7.89. The molecule has 3 N–H and O–H groups in total. The summed E-state index contributed by atoms with van der Waals surface area (Å²) < 4.78 is 0. The zero-order valence-corrected chi connectivity index (χ0v) is 11.9. The monoisotopic (exact) mass is 282 g/mol. The second kappa shape index (κ2) is 7.50. The highest BCUT2D eigenvalue weighted by Crippen LogP contribution is 2.21. The first-order valence-electron chi connectivity index (χ1n) is 7.01. The Balaban J connectivity index is 1.61. The number of carbonyl (C=O) groups excluding carboxylic acids is 1. The van der Waals surface area contributed by atoms with Crippen molar-refractivity contribution >= 4 is 17.4 Å². The van der Waals surface area contributed by atoms with Crippen LogP contribution in [-0.4, -0.2) is 23.7 Å². The molecule has 0 saturated heterocycles. The Kier molecular flexibility index (Phi) is 5.66. The molecule has 1 aliphatic carbocycles. The van der Waals surface area contributed by atoms with Gasteiger partial charge in [0.25, 0.3) is 0 Å². The lowest BCUT2D eigenvalue weighted by atomic mass is 9.96. The fourth-order valence-corrected chi connectivity index (χ4v) is 3.18. The maximum absolute atomic E-state index is 11.7. The van der Waals surface area contributed by atoms with Crippen molar-refractivity contribution in [1.82, 2.24) is 10.6 Å². The Bertz CT molecular complexity index is 375. The Labute approximate surface area is 118 Å². The van der Waals surface area contributed by atoms with Crippen LogP contribution in [0, 0.1) is 0 Å². The molecular weight excluding hydrogens is 260 g/mol. The smallest absolute Gasteiger partial charge is 0.315 e. The van der Waals surface area contributed by atoms with E-state index >= 15 is 0 Å². The highest BCUT2D eigenvalue weighted by molar-refractivity contribution is 7.10. The van der Waals surface area contributed by atoms with Crippen molar-refractivity contribution in [2.24, 2.45) is 0 Å². The first kappa shape index (κ1) is 14.3. The van der Waals surface area contributed by atoms with Crippen LogP contribution in [0.3, 0.4) is 0 Å². The number of rotatable bonds is 5. The number of urea groups is 1. The van der Waals surface area contributed by atoms with Crippen LogP contribution in [0.25, 0.3) is 0 Å². The molecule has 1 aromatic rings. The number of thiophene rings is 1. The van der Waals surface area contributed by atoms with Crippen LogP contribution in [-0.2, 0) is 0 Å². The topological polar surface area (TPSA) is 61.4 Å². The fraction of sp³-hybridized carbons (Fsp3) is 0.643. The quantitative estimate of drug-likeness (QED) is 0.777. The number of nitrogens with one attached hydrogen (secondary N) is 2. The number of hydrogen-bond acceptors (Lipinski definition) is 3. The first-order chi connectivity index (χ1) is 9.25. The van der Waals surface area contributed by atoms with E-state index in [-0.39, 0.29) is 6.03 Å². The van der Waals surface area contributed by atoms with Crippen molar-refractivity contribution in [2.45, 2.75) is 50.7 Å². The zero-order chi connectivity index (χ0) is 13.5. The second-order valence-corrected chi connectivity index (χ2v) is 6.03. The van der Waals surface area contributed by atoms with Gasteiger partial charge in [0, 0.05) is 17.5 Å². The van der Waals surface area contributed by atoms with Crippen molar-refractivity contribution in [1.29, 1.82) is 0 Å². The molecule has 2 amide bonds. The van der Waals surface area contributed by atoms with Crippen LogP contribution in [0.2, 0.25) is 0 Å². The molecule has 1 saturated carbocycles. The van der Waals surface area contributed by atoms with E-state index in [1.54, 1.807) is 11.3 Å². The lowest BCUT2D eigenvalue weighted by Gasteiger charge is -2.23. The Morgan fingerprint density at radius 1 is 1.42 bits per heavy atom. The second-order valence-electron chi connectivity index (χ2n) is 5.06. The molecular formula is C14H22N2O2S. The van der Waals surface area contributed by atoms with Crippen LogP contribution in [0.5, 0.6) is 0 Å². The average Bonchev–Trinajstić information content (AvgIpc) is 2.93. The van der Waals surface area contributed by atoms with E-state index < -0.39 is 6.10 Å². The molecule has 0 spiro atoms. The highest BCUT2D eigenvalue weighted by atomic mass is 32.1. The molecule has 0 bridgehead atoms. The summed E-state index contributed by atoms with van der Waals surface area (Å²) in [5.74, 6) is 0. The predicted molar refractivity (Wildman–Crippen MR) is 77.3 cm³/mol. The summed E-state index contributed by atoms with van der Waals surface area (Å²) in [5, 5.41) is 17.6. The Morgan fingerprint density at radius 2 is 2.21 bits per heavy atom. The van der Waals surface area contributed by atoms with Crippen LogP contribution in [0.4, 0.5) is 4.79 Å². The molecule has 1 heterocycles. The summed E-state index contributed by atoms with van der Waals surface area (Å²) in [4.78, 5) is 12.6. The molecule has 0 radical (unpaired) electrons. The van der Waals surface area contributed by atoms with Gasteiger partial charge < -0.3 is 15.7 Å². The lowest BCUT2D eigenvalue weighted by molar-refractivity contribution is 0.170. The minimum Gasteiger partial charge on any atom is -0.388 e. The maximum atomic E-state index is 11.7. The third-order valence-electron chi connectivity index (χ3n) is 3.52. The molecule has 1 aromatic heterocycles. The molecule has 0 aromatic carbocycles. The van der Waals surface area contributed by atoms with Crippen molar-refractivity contribution in [3.63, 3.8) is 0 Å². The van der Waals surface area contributed by atoms with Gasteiger partial charge in [0.05, 0.1) is 6.10 Å². The molecule has 1 fully saturated rings. The number of aliphatic hydroxyl groups excluding tert-OH is 1. The van der Waals surface area contributed by atoms with E-state index in [1.165, 1.54) is 19.3 Å². The van der Waals surface area contributed by atoms with Crippen LogP contribution >= 0.6 is 11.3 Å². The molecule has 2 rings (SSSR count). The molecule has 1 unspecified atom stereocenters. The summed E-state index contributed by atoms with van der Waals surface area (Å²) in [6.07, 6.45) is 5.96. The van der Waals surface area contributed by atoms with Crippen LogP contribution < -0.4 is 10.6 Å². The highest BCUT2D eigenvalue weighted by Gasteiger charge is 2.15. The average molecular weight is 282 g/mol. The van der Waals surface area contributed by atoms with Gasteiger partial charge in [0.1, 0.15) is 0 Å². The molecule has 106 valence electrons. The number of aliphatic hydroxyl groups is 1. The van der Waals surface area contributed by atoms with Crippen molar-refractivity contribution < 1.29 is 9.90 Å². The van der Waals surface area contributed by atoms with Gasteiger partial charge in [-0.3, -0.25) is 0 Å². The Morgan fingerprint density at radius 3 is 2.89 bits per heavy atom. The largest absolute Gasteiger partial charge is 0.388 e. The van der Waals surface area contributed by atoms with Gasteiger partial charge in [-0.25, -0.2) is 4.79 Å². The van der Waals surface area contributed by atoms with Crippen LogP contribution in [0.15, 0.2) is 17.5 Å². The van der Waals surface area contributed by atoms with E-state index in [1.807, 2.05) is 17.5 Å². The molecule has 1 atom stereocenters. The number of hydrogen-bond donors (Lipinski definition) is 3. The van der Waals surface area contributed by atoms with E-state index in [0.717, 1.165) is 17.7 Å². The Hall–Kier alpha value is -1.07. The normalized spacial score (nSPS) is 17.9. The summed E-state index contributed by atoms with van der Waals surface area (Å²) >= 11 is 1.54. The maximum Gasteiger partial charge on any atom is 0.315 e. The van der Waals surface area contributed by atoms with Gasteiger partial charge >= 0.3 is 6.03 Å². The molecule has 5 heteroatoms. The molecule has 0 aliphatic heterocycles. The van der Waals surface area contributed by atoms with Crippen molar-refractivity contribution in [3.8, 4) is 0 Å². The lowest BCUT2D eigenvalue weighted by Crippen LogP contribution is -2.43. The minimum absolute atomic E-state index is 0.106. The standard InChI is InChI=1S/C14H22N2O2S/c17-12(13-7-4-10-19-13)8-9-15-14(18)16-11-5-2-1-3-6-11/h4,7,10-12,17H,1-3,5-6,8-9H2,(H2,15,16,18). The SMILES string of the molecule is O=C(NCCC(O)c1cccs1)NC1CCCCC1. The third-order valence-corrected chi connectivity index (χ3v) is 4.49. The molecule has 19 heavy (non-hydrogen) atoms. The molecule has 4 nitrogen and oxygen atoms in total. The summed E-state index contributed by atoms with van der Waals surface area (Å²) in [5.41, 5.74) is 0. The van der Waals surface area contributed by atoms with E-state index in [2.05, 4.69) is 10.6 Å². The van der Waals surface area contributed by atoms with Gasteiger partial charge in [-0.05, 0) is 30.7 Å². The van der Waals surface area contributed by atoms with E-state index in [9.17, 15) is 9.90 Å². The van der Waals surface area contributed by atoms with E-state index in [4.69, 9.17) is 0 Å². The fourth-order valence-electron chi connectivity index (χ4n) is 2.43. The van der Waals surface area contributed by atoms with Gasteiger partial charge in [0.2, 0.25) is 0 Å². The van der Waals surface area contributed by atoms with Crippen molar-refractivity contribution in [3.05, 3.63) is 22.4 Å². The van der Waals surface area contributed by atoms with Gasteiger partial charge in [0.15, 0.2) is 0 Å². The van der Waals surface area contributed by atoms with E-state index in [0.29, 0.717) is 19.0 Å². The van der Waals surface area contributed by atoms with Crippen LogP contribution in [0.1, 0.15) is 49.5 Å². The number of carbonyl (C=O) groups is 1. The van der Waals surface area contributed by atoms with Gasteiger partial charge in [-0.1, -0.05) is 25.3 Å². The summed E-state index contributed by atoms with van der Waals surface area (Å²) in [6.45, 7) is 0.498. The minimum atomic E-state index is -0.477. The number of amides is 2. The van der Waals surface area contributed by atoms with Gasteiger partial charge in [-0.2, -0.15) is 0 Å². The third kappa shape index (κ3) is 4.84. The summed E-state index contributed by atoms with van der Waals surface area (Å²) in [7, 11) is 0. The molecule has 1 aliphatic rings. The zero-order valence-electron chi connectivity index (χ0n) is 11.1.